The first-order valence-corrected chi connectivity index (χ1v) is 5.81. The van der Waals surface area contributed by atoms with Gasteiger partial charge in [-0.2, -0.15) is 0 Å². The number of hydrogen-bond acceptors (Lipinski definition) is 2. The van der Waals surface area contributed by atoms with E-state index in [-0.39, 0.29) is 12.5 Å². The number of aliphatic hydroxyl groups excluding tert-OH is 1. The van der Waals surface area contributed by atoms with Gasteiger partial charge in [-0.1, -0.05) is 17.9 Å². The highest BCUT2D eigenvalue weighted by Gasteiger charge is 2.21. The molecule has 1 aliphatic heterocycles. The SMILES string of the molecule is O=C1CCCN1c1cccc(C#CCCO)c1. The molecule has 0 bridgehead atoms. The van der Waals surface area contributed by atoms with Gasteiger partial charge in [0.2, 0.25) is 5.91 Å². The summed E-state index contributed by atoms with van der Waals surface area (Å²) in [6.07, 6.45) is 2.05. The monoisotopic (exact) mass is 229 g/mol. The van der Waals surface area contributed by atoms with Crippen LogP contribution >= 0.6 is 0 Å². The van der Waals surface area contributed by atoms with E-state index in [0.717, 1.165) is 24.2 Å². The van der Waals surface area contributed by atoms with Crippen LogP contribution in [0, 0.1) is 11.8 Å². The van der Waals surface area contributed by atoms with Gasteiger partial charge >= 0.3 is 0 Å². The third-order valence-corrected chi connectivity index (χ3v) is 2.70. The smallest absolute Gasteiger partial charge is 0.227 e. The molecule has 0 saturated carbocycles. The van der Waals surface area contributed by atoms with E-state index in [4.69, 9.17) is 5.11 Å². The quantitative estimate of drug-likeness (QED) is 0.782. The van der Waals surface area contributed by atoms with E-state index < -0.39 is 0 Å². The van der Waals surface area contributed by atoms with Gasteiger partial charge in [0.1, 0.15) is 0 Å². The van der Waals surface area contributed by atoms with E-state index in [1.807, 2.05) is 24.3 Å². The summed E-state index contributed by atoms with van der Waals surface area (Å²) in [6.45, 7) is 0.879. The fourth-order valence-corrected chi connectivity index (χ4v) is 1.89. The number of hydrogen-bond donors (Lipinski definition) is 1. The molecule has 0 aliphatic carbocycles. The highest BCUT2D eigenvalue weighted by atomic mass is 16.2. The third-order valence-electron chi connectivity index (χ3n) is 2.70. The summed E-state index contributed by atoms with van der Waals surface area (Å²) in [5, 5.41) is 8.65. The lowest BCUT2D eigenvalue weighted by Crippen LogP contribution is -2.23. The third kappa shape index (κ3) is 2.86. The first-order chi connectivity index (χ1) is 8.31. The molecule has 1 heterocycles. The standard InChI is InChI=1S/C14H15NO2/c16-10-2-1-5-12-6-3-7-13(11-12)15-9-4-8-14(15)17/h3,6-7,11,16H,2,4,8-10H2. The van der Waals surface area contributed by atoms with Crippen molar-refractivity contribution in [1.29, 1.82) is 0 Å². The van der Waals surface area contributed by atoms with E-state index >= 15 is 0 Å². The van der Waals surface area contributed by atoms with Gasteiger partial charge in [-0.3, -0.25) is 4.79 Å². The average Bonchev–Trinajstić information content (AvgIpc) is 2.76. The Kier molecular flexibility index (Phi) is 3.79. The summed E-state index contributed by atoms with van der Waals surface area (Å²) in [5.74, 6) is 6.04. The van der Waals surface area contributed by atoms with Crippen LogP contribution in [0.1, 0.15) is 24.8 Å². The minimum atomic E-state index is 0.0807. The Morgan fingerprint density at radius 2 is 2.29 bits per heavy atom. The predicted molar refractivity (Wildman–Crippen MR) is 66.6 cm³/mol. The van der Waals surface area contributed by atoms with Gasteiger partial charge in [0.05, 0.1) is 6.61 Å². The summed E-state index contributed by atoms with van der Waals surface area (Å²) in [7, 11) is 0. The van der Waals surface area contributed by atoms with Gasteiger partial charge in [-0.25, -0.2) is 0 Å². The molecule has 1 aliphatic rings. The zero-order chi connectivity index (χ0) is 12.1. The topological polar surface area (TPSA) is 40.5 Å². The van der Waals surface area contributed by atoms with Crippen molar-refractivity contribution < 1.29 is 9.90 Å². The van der Waals surface area contributed by atoms with E-state index in [1.54, 1.807) is 4.90 Å². The molecule has 1 saturated heterocycles. The van der Waals surface area contributed by atoms with Gasteiger partial charge in [0.25, 0.3) is 0 Å². The van der Waals surface area contributed by atoms with Crippen LogP contribution in [-0.4, -0.2) is 24.2 Å². The molecule has 0 radical (unpaired) electrons. The largest absolute Gasteiger partial charge is 0.395 e. The minimum Gasteiger partial charge on any atom is -0.395 e. The maximum Gasteiger partial charge on any atom is 0.227 e. The van der Waals surface area contributed by atoms with E-state index in [9.17, 15) is 4.79 Å². The second kappa shape index (κ2) is 5.51. The number of rotatable bonds is 2. The van der Waals surface area contributed by atoms with Crippen LogP contribution in [-0.2, 0) is 4.79 Å². The Morgan fingerprint density at radius 3 is 3.00 bits per heavy atom. The van der Waals surface area contributed by atoms with Crippen LogP contribution in [0.4, 0.5) is 5.69 Å². The molecule has 0 spiro atoms. The summed E-state index contributed by atoms with van der Waals surface area (Å²) < 4.78 is 0. The Bertz CT molecular complexity index is 471. The number of anilines is 1. The van der Waals surface area contributed by atoms with E-state index in [2.05, 4.69) is 11.8 Å². The van der Waals surface area contributed by atoms with Crippen LogP contribution in [0.25, 0.3) is 0 Å². The molecular formula is C14H15NO2. The molecule has 1 aromatic rings. The summed E-state index contributed by atoms with van der Waals surface area (Å²) in [4.78, 5) is 13.4. The fraction of sp³-hybridized carbons (Fsp3) is 0.357. The summed E-state index contributed by atoms with van der Waals surface area (Å²) in [5.41, 5.74) is 1.80. The molecule has 0 unspecified atom stereocenters. The Hall–Kier alpha value is -1.79. The van der Waals surface area contributed by atoms with Crippen molar-refractivity contribution in [1.82, 2.24) is 0 Å². The minimum absolute atomic E-state index is 0.0807. The lowest BCUT2D eigenvalue weighted by molar-refractivity contribution is -0.117. The van der Waals surface area contributed by atoms with Gasteiger partial charge in [0, 0.05) is 30.6 Å². The first-order valence-electron chi connectivity index (χ1n) is 5.81. The van der Waals surface area contributed by atoms with Crippen molar-refractivity contribution >= 4 is 11.6 Å². The maximum absolute atomic E-state index is 11.6. The Labute approximate surface area is 101 Å². The molecule has 3 nitrogen and oxygen atoms in total. The number of benzene rings is 1. The van der Waals surface area contributed by atoms with Crippen molar-refractivity contribution in [3.05, 3.63) is 29.8 Å². The lowest BCUT2D eigenvalue weighted by Gasteiger charge is -2.15. The molecule has 1 N–H and O–H groups in total. The molecule has 3 heteroatoms. The van der Waals surface area contributed by atoms with Crippen molar-refractivity contribution in [2.75, 3.05) is 18.1 Å². The molecule has 88 valence electrons. The molecule has 1 aromatic carbocycles. The van der Waals surface area contributed by atoms with Crippen LogP contribution in [0.15, 0.2) is 24.3 Å². The zero-order valence-electron chi connectivity index (χ0n) is 9.65. The van der Waals surface area contributed by atoms with Crippen molar-refractivity contribution in [2.45, 2.75) is 19.3 Å². The number of carbonyl (C=O) groups excluding carboxylic acids is 1. The first kappa shape index (κ1) is 11.7. The molecule has 2 rings (SSSR count). The van der Waals surface area contributed by atoms with Crippen molar-refractivity contribution in [2.24, 2.45) is 0 Å². The molecular weight excluding hydrogens is 214 g/mol. The summed E-state index contributed by atoms with van der Waals surface area (Å²) >= 11 is 0. The molecule has 1 fully saturated rings. The zero-order valence-corrected chi connectivity index (χ0v) is 9.65. The van der Waals surface area contributed by atoms with Crippen LogP contribution in [0.5, 0.6) is 0 Å². The normalized spacial score (nSPS) is 14.6. The Balaban J connectivity index is 2.17. The molecule has 0 aromatic heterocycles. The van der Waals surface area contributed by atoms with Gasteiger partial charge < -0.3 is 10.0 Å². The second-order valence-corrected chi connectivity index (χ2v) is 3.97. The van der Waals surface area contributed by atoms with Crippen molar-refractivity contribution in [3.63, 3.8) is 0 Å². The molecule has 0 atom stereocenters. The average molecular weight is 229 g/mol. The van der Waals surface area contributed by atoms with Gasteiger partial charge in [-0.05, 0) is 24.6 Å². The number of carbonyl (C=O) groups is 1. The predicted octanol–water partition coefficient (Wildman–Crippen LogP) is 1.55. The van der Waals surface area contributed by atoms with E-state index in [1.165, 1.54) is 0 Å². The number of amides is 1. The van der Waals surface area contributed by atoms with E-state index in [0.29, 0.717) is 12.8 Å². The summed E-state index contributed by atoms with van der Waals surface area (Å²) in [6, 6.07) is 7.67. The number of nitrogens with zero attached hydrogens (tertiary/aromatic N) is 1. The fourth-order valence-electron chi connectivity index (χ4n) is 1.89. The van der Waals surface area contributed by atoms with Gasteiger partial charge in [-0.15, -0.1) is 0 Å². The van der Waals surface area contributed by atoms with Crippen LogP contribution in [0.2, 0.25) is 0 Å². The van der Waals surface area contributed by atoms with Crippen LogP contribution in [0.3, 0.4) is 0 Å². The highest BCUT2D eigenvalue weighted by molar-refractivity contribution is 5.95. The Morgan fingerprint density at radius 1 is 1.41 bits per heavy atom. The van der Waals surface area contributed by atoms with Gasteiger partial charge in [0.15, 0.2) is 0 Å². The molecule has 17 heavy (non-hydrogen) atoms. The maximum atomic E-state index is 11.6. The highest BCUT2D eigenvalue weighted by Crippen LogP contribution is 2.21. The lowest BCUT2D eigenvalue weighted by atomic mass is 10.2. The number of aliphatic hydroxyl groups is 1. The van der Waals surface area contributed by atoms with Crippen molar-refractivity contribution in [3.8, 4) is 11.8 Å². The second-order valence-electron chi connectivity index (χ2n) is 3.97. The molecule has 1 amide bonds. The van der Waals surface area contributed by atoms with Crippen LogP contribution < -0.4 is 4.90 Å².